The van der Waals surface area contributed by atoms with Crippen LogP contribution in [0.15, 0.2) is 0 Å². The van der Waals surface area contributed by atoms with Crippen molar-refractivity contribution in [1.82, 2.24) is 0 Å². The average Bonchev–Trinajstić information content (AvgIpc) is 1.85. The molecule has 0 aromatic carbocycles. The summed E-state index contributed by atoms with van der Waals surface area (Å²) in [6, 6.07) is 0. The molecule has 3 nitrogen and oxygen atoms in total. The Hall–Kier alpha value is -0.570. The van der Waals surface area contributed by atoms with Gasteiger partial charge >= 0.3 is 5.97 Å². The summed E-state index contributed by atoms with van der Waals surface area (Å²) >= 11 is 0. The Labute approximate surface area is 66.4 Å². The Morgan fingerprint density at radius 3 is 3.00 bits per heavy atom. The molecule has 0 bridgehead atoms. The highest BCUT2D eigenvalue weighted by Gasteiger charge is 2.24. The number of ether oxygens (including phenoxy) is 1. The molecular weight excluding hydrogens is 144 g/mol. The van der Waals surface area contributed by atoms with Crippen LogP contribution in [0.1, 0.15) is 26.2 Å². The molecule has 1 aliphatic rings. The van der Waals surface area contributed by atoms with E-state index in [1.165, 1.54) is 0 Å². The third-order valence-corrected chi connectivity index (χ3v) is 1.93. The van der Waals surface area contributed by atoms with Gasteiger partial charge < -0.3 is 9.84 Å². The quantitative estimate of drug-likeness (QED) is 0.602. The maximum absolute atomic E-state index is 10.9. The topological polar surface area (TPSA) is 46.5 Å². The second-order valence-corrected chi connectivity index (χ2v) is 3.17. The molecule has 1 saturated heterocycles. The zero-order valence-electron chi connectivity index (χ0n) is 6.75. The van der Waals surface area contributed by atoms with Gasteiger partial charge in [0, 0.05) is 19.4 Å². The van der Waals surface area contributed by atoms with Crippen LogP contribution in [0.2, 0.25) is 0 Å². The molecule has 2 atom stereocenters. The van der Waals surface area contributed by atoms with Crippen molar-refractivity contribution in [2.45, 2.75) is 32.3 Å². The van der Waals surface area contributed by atoms with E-state index in [0.29, 0.717) is 18.8 Å². The van der Waals surface area contributed by atoms with Gasteiger partial charge in [0.1, 0.15) is 6.10 Å². The van der Waals surface area contributed by atoms with E-state index in [1.54, 1.807) is 0 Å². The molecule has 1 fully saturated rings. The van der Waals surface area contributed by atoms with Gasteiger partial charge in [-0.1, -0.05) is 6.92 Å². The molecule has 0 spiro atoms. The predicted octanol–water partition coefficient (Wildman–Crippen LogP) is 0.710. The smallest absolute Gasteiger partial charge is 0.306 e. The lowest BCUT2D eigenvalue weighted by Crippen LogP contribution is -2.28. The zero-order valence-corrected chi connectivity index (χ0v) is 6.75. The SMILES string of the molecule is C[C@H]1CC(=O)O[C@@H](CCO)C1. The second-order valence-electron chi connectivity index (χ2n) is 3.17. The van der Waals surface area contributed by atoms with Crippen LogP contribution >= 0.6 is 0 Å². The Kier molecular flexibility index (Phi) is 2.88. The predicted molar refractivity (Wildman–Crippen MR) is 40.0 cm³/mol. The van der Waals surface area contributed by atoms with Gasteiger partial charge in [-0.3, -0.25) is 4.79 Å². The molecule has 3 heteroatoms. The van der Waals surface area contributed by atoms with Crippen molar-refractivity contribution in [2.75, 3.05) is 6.61 Å². The van der Waals surface area contributed by atoms with Gasteiger partial charge in [-0.05, 0) is 12.3 Å². The summed E-state index contributed by atoms with van der Waals surface area (Å²) in [6.07, 6.45) is 1.96. The summed E-state index contributed by atoms with van der Waals surface area (Å²) in [5, 5.41) is 8.60. The molecule has 0 unspecified atom stereocenters. The lowest BCUT2D eigenvalue weighted by molar-refractivity contribution is -0.157. The van der Waals surface area contributed by atoms with Crippen LogP contribution < -0.4 is 0 Å². The number of aliphatic hydroxyl groups excluding tert-OH is 1. The average molecular weight is 158 g/mol. The number of carbonyl (C=O) groups excluding carboxylic acids is 1. The van der Waals surface area contributed by atoms with Crippen molar-refractivity contribution in [3.05, 3.63) is 0 Å². The van der Waals surface area contributed by atoms with Gasteiger partial charge in [0.05, 0.1) is 0 Å². The van der Waals surface area contributed by atoms with E-state index in [0.717, 1.165) is 6.42 Å². The van der Waals surface area contributed by atoms with Crippen molar-refractivity contribution in [3.8, 4) is 0 Å². The van der Waals surface area contributed by atoms with Crippen molar-refractivity contribution >= 4 is 5.97 Å². The molecule has 1 rings (SSSR count). The molecule has 0 radical (unpaired) electrons. The summed E-state index contributed by atoms with van der Waals surface area (Å²) in [5.41, 5.74) is 0. The number of cyclic esters (lactones) is 1. The summed E-state index contributed by atoms with van der Waals surface area (Å²) in [6.45, 7) is 2.13. The fraction of sp³-hybridized carbons (Fsp3) is 0.875. The van der Waals surface area contributed by atoms with E-state index in [1.807, 2.05) is 6.92 Å². The summed E-state index contributed by atoms with van der Waals surface area (Å²) in [7, 11) is 0. The summed E-state index contributed by atoms with van der Waals surface area (Å²) in [4.78, 5) is 10.9. The number of esters is 1. The lowest BCUT2D eigenvalue weighted by Gasteiger charge is -2.25. The maximum Gasteiger partial charge on any atom is 0.306 e. The van der Waals surface area contributed by atoms with Gasteiger partial charge in [-0.25, -0.2) is 0 Å². The third kappa shape index (κ3) is 2.50. The Balaban J connectivity index is 2.36. The van der Waals surface area contributed by atoms with E-state index in [4.69, 9.17) is 9.84 Å². The Morgan fingerprint density at radius 1 is 1.73 bits per heavy atom. The summed E-state index contributed by atoms with van der Waals surface area (Å²) < 4.78 is 5.00. The van der Waals surface area contributed by atoms with E-state index < -0.39 is 0 Å². The largest absolute Gasteiger partial charge is 0.462 e. The van der Waals surface area contributed by atoms with Crippen molar-refractivity contribution in [1.29, 1.82) is 0 Å². The number of aliphatic hydroxyl groups is 1. The highest BCUT2D eigenvalue weighted by molar-refractivity contribution is 5.70. The van der Waals surface area contributed by atoms with Gasteiger partial charge in [0.2, 0.25) is 0 Å². The first-order chi connectivity index (χ1) is 5.22. The number of rotatable bonds is 2. The molecule has 1 N–H and O–H groups in total. The Morgan fingerprint density at radius 2 is 2.45 bits per heavy atom. The second kappa shape index (κ2) is 3.72. The first-order valence-electron chi connectivity index (χ1n) is 4.02. The minimum atomic E-state index is -0.123. The first kappa shape index (κ1) is 8.53. The third-order valence-electron chi connectivity index (χ3n) is 1.93. The van der Waals surface area contributed by atoms with Crippen LogP contribution in [-0.2, 0) is 9.53 Å². The molecule has 0 saturated carbocycles. The molecule has 64 valence electrons. The van der Waals surface area contributed by atoms with Crippen molar-refractivity contribution < 1.29 is 14.6 Å². The highest BCUT2D eigenvalue weighted by Crippen LogP contribution is 2.21. The molecule has 0 aromatic heterocycles. The van der Waals surface area contributed by atoms with Crippen LogP contribution in [0.4, 0.5) is 0 Å². The van der Waals surface area contributed by atoms with E-state index >= 15 is 0 Å². The summed E-state index contributed by atoms with van der Waals surface area (Å²) in [5.74, 6) is 0.287. The Bertz CT molecular complexity index is 144. The van der Waals surface area contributed by atoms with Gasteiger partial charge in [0.15, 0.2) is 0 Å². The minimum Gasteiger partial charge on any atom is -0.462 e. The monoisotopic (exact) mass is 158 g/mol. The number of carbonyl (C=O) groups is 1. The van der Waals surface area contributed by atoms with Crippen LogP contribution in [0.3, 0.4) is 0 Å². The van der Waals surface area contributed by atoms with Crippen LogP contribution in [0.25, 0.3) is 0 Å². The first-order valence-corrected chi connectivity index (χ1v) is 4.02. The van der Waals surface area contributed by atoms with Crippen LogP contribution in [0.5, 0.6) is 0 Å². The van der Waals surface area contributed by atoms with Crippen LogP contribution in [-0.4, -0.2) is 23.8 Å². The van der Waals surface area contributed by atoms with E-state index in [-0.39, 0.29) is 18.7 Å². The standard InChI is InChI=1S/C8H14O3/c1-6-4-7(2-3-9)11-8(10)5-6/h6-7,9H,2-5H2,1H3/t6-,7+/m1/s1. The molecule has 1 heterocycles. The van der Waals surface area contributed by atoms with Crippen LogP contribution in [0, 0.1) is 5.92 Å². The molecule has 1 aliphatic heterocycles. The molecule has 11 heavy (non-hydrogen) atoms. The number of hydrogen-bond acceptors (Lipinski definition) is 3. The fourth-order valence-electron chi connectivity index (χ4n) is 1.42. The molecule has 0 aromatic rings. The van der Waals surface area contributed by atoms with E-state index in [9.17, 15) is 4.79 Å². The normalized spacial score (nSPS) is 31.6. The molecule has 0 amide bonds. The van der Waals surface area contributed by atoms with Crippen molar-refractivity contribution in [3.63, 3.8) is 0 Å². The van der Waals surface area contributed by atoms with Gasteiger partial charge in [-0.15, -0.1) is 0 Å². The molecule has 0 aliphatic carbocycles. The number of hydrogen-bond donors (Lipinski definition) is 1. The maximum atomic E-state index is 10.9. The fourth-order valence-corrected chi connectivity index (χ4v) is 1.42. The highest BCUT2D eigenvalue weighted by atomic mass is 16.5. The molecular formula is C8H14O3. The zero-order chi connectivity index (χ0) is 8.27. The van der Waals surface area contributed by atoms with Gasteiger partial charge in [-0.2, -0.15) is 0 Å². The van der Waals surface area contributed by atoms with Crippen molar-refractivity contribution in [2.24, 2.45) is 5.92 Å². The minimum absolute atomic E-state index is 0.0451. The lowest BCUT2D eigenvalue weighted by atomic mass is 9.96. The van der Waals surface area contributed by atoms with E-state index in [2.05, 4.69) is 0 Å². The van der Waals surface area contributed by atoms with Gasteiger partial charge in [0.25, 0.3) is 0 Å².